The lowest BCUT2D eigenvalue weighted by Crippen LogP contribution is -2.49. The predicted octanol–water partition coefficient (Wildman–Crippen LogP) is 0.828. The Kier molecular flexibility index (Phi) is 3.90. The first-order chi connectivity index (χ1) is 12.5. The van der Waals surface area contributed by atoms with E-state index in [1.807, 2.05) is 0 Å². The molecular weight excluding hydrogens is 339 g/mol. The molecule has 1 fully saturated rings. The van der Waals surface area contributed by atoms with E-state index in [4.69, 9.17) is 0 Å². The van der Waals surface area contributed by atoms with Gasteiger partial charge in [0.2, 0.25) is 0 Å². The minimum atomic E-state index is -0.386. The SMILES string of the molecule is Cc1cn2nnc(C(=O)N3CCN(c4ccc(F)cc4)CC3)c2c(=O)[nH]1. The molecule has 3 heterocycles. The molecule has 1 aliphatic heterocycles. The summed E-state index contributed by atoms with van der Waals surface area (Å²) in [6, 6.07) is 6.29. The Morgan fingerprint density at radius 2 is 1.85 bits per heavy atom. The number of hydrogen-bond donors (Lipinski definition) is 1. The van der Waals surface area contributed by atoms with Gasteiger partial charge in [0, 0.05) is 37.6 Å². The van der Waals surface area contributed by atoms with Gasteiger partial charge in [0.05, 0.1) is 6.20 Å². The first-order valence-electron chi connectivity index (χ1n) is 8.27. The van der Waals surface area contributed by atoms with Crippen molar-refractivity contribution < 1.29 is 9.18 Å². The van der Waals surface area contributed by atoms with Crippen LogP contribution < -0.4 is 10.5 Å². The monoisotopic (exact) mass is 356 g/mol. The van der Waals surface area contributed by atoms with Gasteiger partial charge in [-0.3, -0.25) is 9.59 Å². The molecule has 2 aromatic heterocycles. The molecule has 26 heavy (non-hydrogen) atoms. The number of nitrogens with one attached hydrogen (secondary N) is 1. The number of carbonyl (C=O) groups is 1. The number of halogens is 1. The largest absolute Gasteiger partial charge is 0.368 e. The summed E-state index contributed by atoms with van der Waals surface area (Å²) in [5.41, 5.74) is 1.38. The van der Waals surface area contributed by atoms with Crippen LogP contribution in [0.1, 0.15) is 16.2 Å². The van der Waals surface area contributed by atoms with E-state index in [0.717, 1.165) is 5.69 Å². The number of hydrogen-bond acceptors (Lipinski definition) is 5. The Hall–Kier alpha value is -3.23. The second-order valence-electron chi connectivity index (χ2n) is 6.25. The van der Waals surface area contributed by atoms with Crippen LogP contribution in [0.2, 0.25) is 0 Å². The van der Waals surface area contributed by atoms with Crippen LogP contribution >= 0.6 is 0 Å². The maximum absolute atomic E-state index is 13.0. The highest BCUT2D eigenvalue weighted by Crippen LogP contribution is 2.18. The second-order valence-corrected chi connectivity index (χ2v) is 6.25. The predicted molar refractivity (Wildman–Crippen MR) is 92.9 cm³/mol. The number of fused-ring (bicyclic) bond motifs is 1. The van der Waals surface area contributed by atoms with E-state index in [0.29, 0.717) is 31.9 Å². The second kappa shape index (κ2) is 6.25. The van der Waals surface area contributed by atoms with Crippen molar-refractivity contribution in [3.8, 4) is 0 Å². The molecule has 0 bridgehead atoms. The number of rotatable bonds is 2. The topological polar surface area (TPSA) is 86.6 Å². The summed E-state index contributed by atoms with van der Waals surface area (Å²) in [6.07, 6.45) is 1.62. The van der Waals surface area contributed by atoms with E-state index in [-0.39, 0.29) is 28.5 Å². The van der Waals surface area contributed by atoms with Crippen LogP contribution in [0, 0.1) is 12.7 Å². The molecule has 0 radical (unpaired) electrons. The van der Waals surface area contributed by atoms with Crippen LogP contribution in [0.4, 0.5) is 10.1 Å². The van der Waals surface area contributed by atoms with Gasteiger partial charge in [0.15, 0.2) is 11.2 Å². The first-order valence-corrected chi connectivity index (χ1v) is 8.27. The molecule has 9 heteroatoms. The summed E-state index contributed by atoms with van der Waals surface area (Å²) >= 11 is 0. The molecule has 8 nitrogen and oxygen atoms in total. The fourth-order valence-electron chi connectivity index (χ4n) is 3.16. The summed E-state index contributed by atoms with van der Waals surface area (Å²) in [6.45, 7) is 3.94. The fraction of sp³-hybridized carbons (Fsp3) is 0.294. The molecule has 1 aliphatic rings. The minimum Gasteiger partial charge on any atom is -0.368 e. The third-order valence-corrected chi connectivity index (χ3v) is 4.50. The zero-order valence-corrected chi connectivity index (χ0v) is 14.1. The Balaban J connectivity index is 1.52. The van der Waals surface area contributed by atoms with Gasteiger partial charge in [-0.2, -0.15) is 0 Å². The maximum atomic E-state index is 13.0. The lowest BCUT2D eigenvalue weighted by Gasteiger charge is -2.35. The summed E-state index contributed by atoms with van der Waals surface area (Å²) < 4.78 is 14.4. The lowest BCUT2D eigenvalue weighted by atomic mass is 10.2. The fourth-order valence-corrected chi connectivity index (χ4v) is 3.16. The zero-order valence-electron chi connectivity index (χ0n) is 14.1. The van der Waals surface area contributed by atoms with Gasteiger partial charge in [-0.1, -0.05) is 5.21 Å². The van der Waals surface area contributed by atoms with Crippen molar-refractivity contribution in [3.05, 3.63) is 58.0 Å². The summed E-state index contributed by atoms with van der Waals surface area (Å²) in [5.74, 6) is -0.588. The molecule has 0 aliphatic carbocycles. The van der Waals surface area contributed by atoms with Gasteiger partial charge < -0.3 is 14.8 Å². The quantitative estimate of drug-likeness (QED) is 0.735. The Morgan fingerprint density at radius 3 is 2.54 bits per heavy atom. The molecule has 0 spiro atoms. The lowest BCUT2D eigenvalue weighted by molar-refractivity contribution is 0.0742. The summed E-state index contributed by atoms with van der Waals surface area (Å²) in [7, 11) is 0. The molecule has 1 N–H and O–H groups in total. The molecule has 1 amide bonds. The van der Waals surface area contributed by atoms with E-state index < -0.39 is 0 Å². The van der Waals surface area contributed by atoms with E-state index in [1.165, 1.54) is 16.6 Å². The van der Waals surface area contributed by atoms with Crippen LogP contribution in [0.5, 0.6) is 0 Å². The smallest absolute Gasteiger partial charge is 0.277 e. The molecule has 0 saturated carbocycles. The number of H-pyrrole nitrogens is 1. The molecule has 4 rings (SSSR count). The average molecular weight is 356 g/mol. The number of nitrogens with zero attached hydrogens (tertiary/aromatic N) is 5. The van der Waals surface area contributed by atoms with Crippen molar-refractivity contribution in [2.45, 2.75) is 6.92 Å². The van der Waals surface area contributed by atoms with Gasteiger partial charge in [0.25, 0.3) is 11.5 Å². The number of aryl methyl sites for hydroxylation is 1. The van der Waals surface area contributed by atoms with Gasteiger partial charge >= 0.3 is 0 Å². The Labute approximate surface area is 147 Å². The van der Waals surface area contributed by atoms with Gasteiger partial charge in [-0.25, -0.2) is 8.91 Å². The van der Waals surface area contributed by atoms with Crippen LogP contribution in [0.15, 0.2) is 35.3 Å². The normalized spacial score (nSPS) is 14.8. The third kappa shape index (κ3) is 2.81. The van der Waals surface area contributed by atoms with E-state index in [1.54, 1.807) is 30.2 Å². The number of piperazine rings is 1. The molecular formula is C17H17FN6O2. The molecule has 1 saturated heterocycles. The molecule has 0 unspecified atom stereocenters. The molecule has 134 valence electrons. The maximum Gasteiger partial charge on any atom is 0.277 e. The van der Waals surface area contributed by atoms with Crippen molar-refractivity contribution in [3.63, 3.8) is 0 Å². The Bertz CT molecular complexity index is 1020. The van der Waals surface area contributed by atoms with Crippen molar-refractivity contribution in [1.82, 2.24) is 24.7 Å². The van der Waals surface area contributed by atoms with E-state index in [9.17, 15) is 14.0 Å². The number of anilines is 1. The van der Waals surface area contributed by atoms with E-state index >= 15 is 0 Å². The highest BCUT2D eigenvalue weighted by molar-refractivity contribution is 5.98. The summed E-state index contributed by atoms with van der Waals surface area (Å²) in [4.78, 5) is 31.4. The van der Waals surface area contributed by atoms with Gasteiger partial charge in [-0.15, -0.1) is 5.10 Å². The Morgan fingerprint density at radius 1 is 1.15 bits per heavy atom. The van der Waals surface area contributed by atoms with Crippen LogP contribution in [0.25, 0.3) is 5.52 Å². The number of amides is 1. The molecule has 1 aromatic carbocycles. The van der Waals surface area contributed by atoms with E-state index in [2.05, 4.69) is 20.2 Å². The van der Waals surface area contributed by atoms with Crippen molar-refractivity contribution in [1.29, 1.82) is 0 Å². The molecule has 0 atom stereocenters. The van der Waals surface area contributed by atoms with Gasteiger partial charge in [-0.05, 0) is 31.2 Å². The number of carbonyl (C=O) groups excluding carboxylic acids is 1. The number of benzene rings is 1. The standard InChI is InChI=1S/C17H17FN6O2/c1-11-10-24-15(16(25)19-11)14(20-21-24)17(26)23-8-6-22(7-9-23)13-4-2-12(18)3-5-13/h2-5,10H,6-9H2,1H3,(H,19,25). The number of aromatic nitrogens is 4. The average Bonchev–Trinajstić information content (AvgIpc) is 3.06. The highest BCUT2D eigenvalue weighted by Gasteiger charge is 2.27. The van der Waals surface area contributed by atoms with Crippen molar-refractivity contribution in [2.24, 2.45) is 0 Å². The van der Waals surface area contributed by atoms with Crippen LogP contribution in [0.3, 0.4) is 0 Å². The third-order valence-electron chi connectivity index (χ3n) is 4.50. The summed E-state index contributed by atoms with van der Waals surface area (Å²) in [5, 5.41) is 7.79. The number of aromatic amines is 1. The van der Waals surface area contributed by atoms with Crippen molar-refractivity contribution in [2.75, 3.05) is 31.1 Å². The first kappa shape index (κ1) is 16.2. The van der Waals surface area contributed by atoms with Crippen LogP contribution in [-0.4, -0.2) is 56.8 Å². The zero-order chi connectivity index (χ0) is 18.3. The van der Waals surface area contributed by atoms with Crippen LogP contribution in [-0.2, 0) is 0 Å². The highest BCUT2D eigenvalue weighted by atomic mass is 19.1. The molecule has 3 aromatic rings. The van der Waals surface area contributed by atoms with Gasteiger partial charge in [0.1, 0.15) is 5.82 Å². The minimum absolute atomic E-state index is 0.0569. The van der Waals surface area contributed by atoms with Crippen molar-refractivity contribution >= 4 is 17.1 Å².